The molecular formula is C13H15FN2S. The van der Waals surface area contributed by atoms with Crippen LogP contribution in [0.4, 0.5) is 4.39 Å². The average molecular weight is 250 g/mol. The molecule has 1 heterocycles. The molecule has 0 amide bonds. The second-order valence-corrected chi connectivity index (χ2v) is 5.27. The number of halogens is 1. The highest BCUT2D eigenvalue weighted by Crippen LogP contribution is 2.29. The molecule has 1 aromatic carbocycles. The first-order valence-electron chi connectivity index (χ1n) is 5.51. The number of benzene rings is 1. The first-order chi connectivity index (χ1) is 8.11. The molecule has 0 saturated heterocycles. The van der Waals surface area contributed by atoms with Crippen LogP contribution in [0.3, 0.4) is 0 Å². The smallest absolute Gasteiger partial charge is 0.123 e. The number of nitrogens with zero attached hydrogens (tertiary/aromatic N) is 1. The summed E-state index contributed by atoms with van der Waals surface area (Å²) in [5.41, 5.74) is 7.71. The van der Waals surface area contributed by atoms with Crippen molar-refractivity contribution in [3.05, 3.63) is 51.2 Å². The lowest BCUT2D eigenvalue weighted by Crippen LogP contribution is -2.13. The first-order valence-corrected chi connectivity index (χ1v) is 6.33. The van der Waals surface area contributed by atoms with E-state index >= 15 is 0 Å². The molecule has 90 valence electrons. The lowest BCUT2D eigenvalue weighted by Gasteiger charge is -2.12. The van der Waals surface area contributed by atoms with Crippen LogP contribution >= 0.6 is 11.3 Å². The lowest BCUT2D eigenvalue weighted by atomic mass is 10.00. The van der Waals surface area contributed by atoms with Gasteiger partial charge in [-0.3, -0.25) is 0 Å². The minimum absolute atomic E-state index is 0.0110. The summed E-state index contributed by atoms with van der Waals surface area (Å²) in [6, 6.07) is 6.58. The van der Waals surface area contributed by atoms with Gasteiger partial charge in [-0.1, -0.05) is 12.1 Å². The molecular weight excluding hydrogens is 235 g/mol. The normalized spacial score (nSPS) is 12.7. The number of rotatable bonds is 3. The van der Waals surface area contributed by atoms with Crippen LogP contribution in [0.15, 0.2) is 24.3 Å². The van der Waals surface area contributed by atoms with Gasteiger partial charge < -0.3 is 5.73 Å². The Bertz CT molecular complexity index is 502. The van der Waals surface area contributed by atoms with Crippen LogP contribution in [0.1, 0.15) is 27.1 Å². The first kappa shape index (κ1) is 12.2. The van der Waals surface area contributed by atoms with E-state index in [0.717, 1.165) is 16.3 Å². The van der Waals surface area contributed by atoms with Crippen molar-refractivity contribution in [3.8, 4) is 0 Å². The summed E-state index contributed by atoms with van der Waals surface area (Å²) in [4.78, 5) is 5.69. The lowest BCUT2D eigenvalue weighted by molar-refractivity contribution is 0.623. The standard InChI is InChI=1S/C13H15FN2S/c1-8-9(2)17-13(16-8)12(7-15)10-4-3-5-11(14)6-10/h3-6,12H,7,15H2,1-2H3. The number of thiazole rings is 1. The van der Waals surface area contributed by atoms with Gasteiger partial charge >= 0.3 is 0 Å². The van der Waals surface area contributed by atoms with Crippen LogP contribution in [-0.4, -0.2) is 11.5 Å². The number of aromatic nitrogens is 1. The van der Waals surface area contributed by atoms with E-state index in [4.69, 9.17) is 5.73 Å². The molecule has 2 aromatic rings. The summed E-state index contributed by atoms with van der Waals surface area (Å²) < 4.78 is 13.2. The Morgan fingerprint density at radius 1 is 1.41 bits per heavy atom. The van der Waals surface area contributed by atoms with Gasteiger partial charge in [0.1, 0.15) is 10.8 Å². The molecule has 1 atom stereocenters. The fourth-order valence-electron chi connectivity index (χ4n) is 1.75. The molecule has 4 heteroatoms. The molecule has 0 saturated carbocycles. The molecule has 0 aliphatic rings. The summed E-state index contributed by atoms with van der Waals surface area (Å²) in [5.74, 6) is -0.242. The quantitative estimate of drug-likeness (QED) is 0.909. The molecule has 1 aromatic heterocycles. The number of hydrogen-bond acceptors (Lipinski definition) is 3. The van der Waals surface area contributed by atoms with Crippen molar-refractivity contribution in [2.75, 3.05) is 6.54 Å². The van der Waals surface area contributed by atoms with E-state index in [9.17, 15) is 4.39 Å². The van der Waals surface area contributed by atoms with Crippen molar-refractivity contribution in [2.24, 2.45) is 5.73 Å². The second kappa shape index (κ2) is 4.94. The number of aryl methyl sites for hydroxylation is 2. The van der Waals surface area contributed by atoms with Crippen molar-refractivity contribution >= 4 is 11.3 Å². The Hall–Kier alpha value is -1.26. The van der Waals surface area contributed by atoms with Gasteiger partial charge in [-0.25, -0.2) is 9.37 Å². The van der Waals surface area contributed by atoms with E-state index < -0.39 is 0 Å². The predicted octanol–water partition coefficient (Wildman–Crippen LogP) is 2.99. The summed E-state index contributed by atoms with van der Waals surface area (Å²) in [5, 5.41) is 0.966. The van der Waals surface area contributed by atoms with Crippen molar-refractivity contribution in [1.29, 1.82) is 0 Å². The Morgan fingerprint density at radius 2 is 2.18 bits per heavy atom. The minimum atomic E-state index is -0.231. The van der Waals surface area contributed by atoms with E-state index in [-0.39, 0.29) is 11.7 Å². The fourth-order valence-corrected chi connectivity index (χ4v) is 2.81. The third-order valence-corrected chi connectivity index (χ3v) is 4.02. The third-order valence-electron chi connectivity index (χ3n) is 2.83. The minimum Gasteiger partial charge on any atom is -0.329 e. The highest BCUT2D eigenvalue weighted by molar-refractivity contribution is 7.11. The molecule has 0 radical (unpaired) electrons. The Balaban J connectivity index is 2.39. The molecule has 2 rings (SSSR count). The van der Waals surface area contributed by atoms with E-state index in [1.807, 2.05) is 19.9 Å². The van der Waals surface area contributed by atoms with E-state index in [2.05, 4.69) is 4.98 Å². The summed E-state index contributed by atoms with van der Waals surface area (Å²) >= 11 is 1.63. The summed E-state index contributed by atoms with van der Waals surface area (Å²) in [6.07, 6.45) is 0. The van der Waals surface area contributed by atoms with Gasteiger partial charge in [0.05, 0.1) is 5.69 Å². The topological polar surface area (TPSA) is 38.9 Å². The van der Waals surface area contributed by atoms with E-state index in [0.29, 0.717) is 6.54 Å². The fraction of sp³-hybridized carbons (Fsp3) is 0.308. The van der Waals surface area contributed by atoms with E-state index in [1.54, 1.807) is 17.4 Å². The van der Waals surface area contributed by atoms with Gasteiger partial charge in [-0.15, -0.1) is 11.3 Å². The van der Waals surface area contributed by atoms with Crippen molar-refractivity contribution < 1.29 is 4.39 Å². The maximum absolute atomic E-state index is 13.2. The highest BCUT2D eigenvalue weighted by Gasteiger charge is 2.17. The molecule has 2 nitrogen and oxygen atoms in total. The maximum atomic E-state index is 13.2. The largest absolute Gasteiger partial charge is 0.329 e. The van der Waals surface area contributed by atoms with Crippen LogP contribution in [0.2, 0.25) is 0 Å². The van der Waals surface area contributed by atoms with Gasteiger partial charge in [0.15, 0.2) is 0 Å². The van der Waals surface area contributed by atoms with Gasteiger partial charge in [-0.2, -0.15) is 0 Å². The number of hydrogen-bond donors (Lipinski definition) is 1. The Morgan fingerprint density at radius 3 is 2.71 bits per heavy atom. The van der Waals surface area contributed by atoms with Crippen LogP contribution in [0.25, 0.3) is 0 Å². The molecule has 1 unspecified atom stereocenters. The Labute approximate surface area is 104 Å². The molecule has 2 N–H and O–H groups in total. The molecule has 0 bridgehead atoms. The number of nitrogens with two attached hydrogens (primary N) is 1. The third kappa shape index (κ3) is 2.53. The predicted molar refractivity (Wildman–Crippen MR) is 68.9 cm³/mol. The molecule has 0 aliphatic carbocycles. The summed E-state index contributed by atoms with van der Waals surface area (Å²) in [6.45, 7) is 4.46. The van der Waals surface area contributed by atoms with Crippen molar-refractivity contribution in [3.63, 3.8) is 0 Å². The highest BCUT2D eigenvalue weighted by atomic mass is 32.1. The van der Waals surface area contributed by atoms with Crippen molar-refractivity contribution in [1.82, 2.24) is 4.98 Å². The molecule has 0 aliphatic heterocycles. The van der Waals surface area contributed by atoms with Crippen LogP contribution in [-0.2, 0) is 0 Å². The molecule has 17 heavy (non-hydrogen) atoms. The second-order valence-electron chi connectivity index (χ2n) is 4.04. The Kier molecular flexibility index (Phi) is 3.54. The van der Waals surface area contributed by atoms with Gasteiger partial charge in [-0.05, 0) is 31.5 Å². The average Bonchev–Trinajstić information content (AvgIpc) is 2.60. The zero-order chi connectivity index (χ0) is 12.4. The monoisotopic (exact) mass is 250 g/mol. The SMILES string of the molecule is Cc1nc(C(CN)c2cccc(F)c2)sc1C. The maximum Gasteiger partial charge on any atom is 0.123 e. The van der Waals surface area contributed by atoms with E-state index in [1.165, 1.54) is 17.0 Å². The van der Waals surface area contributed by atoms with Crippen molar-refractivity contribution in [2.45, 2.75) is 19.8 Å². The molecule has 0 spiro atoms. The van der Waals surface area contributed by atoms with Crippen LogP contribution in [0.5, 0.6) is 0 Å². The van der Waals surface area contributed by atoms with Gasteiger partial charge in [0.25, 0.3) is 0 Å². The summed E-state index contributed by atoms with van der Waals surface area (Å²) in [7, 11) is 0. The van der Waals surface area contributed by atoms with Gasteiger partial charge in [0.2, 0.25) is 0 Å². The van der Waals surface area contributed by atoms with Crippen LogP contribution < -0.4 is 5.73 Å². The zero-order valence-corrected chi connectivity index (χ0v) is 10.7. The van der Waals surface area contributed by atoms with Crippen LogP contribution in [0, 0.1) is 19.7 Å². The zero-order valence-electron chi connectivity index (χ0n) is 9.90. The molecule has 0 fully saturated rings. The van der Waals surface area contributed by atoms with Gasteiger partial charge in [0, 0.05) is 17.3 Å².